The van der Waals surface area contributed by atoms with Crippen LogP contribution in [-0.2, 0) is 6.54 Å². The second kappa shape index (κ2) is 9.80. The zero-order valence-corrected chi connectivity index (χ0v) is 13.6. The number of carbonyl (C=O) groups is 1. The van der Waals surface area contributed by atoms with E-state index in [-0.39, 0.29) is 30.7 Å². The standard InChI is InChI=1S/C17H24FN3O2/c1-12(2)7-14(5-6-22)10-20-17(23)21-11-15-4-3-13(9-19)8-16(15)18/h3-4,8,12,14,22H,5-7,10-11H2,1-2H3,(H2,20,21,23). The Bertz CT molecular complexity index is 555. The van der Waals surface area contributed by atoms with Gasteiger partial charge in [-0.05, 0) is 36.8 Å². The average Bonchev–Trinajstić information content (AvgIpc) is 2.51. The van der Waals surface area contributed by atoms with Gasteiger partial charge in [0.05, 0.1) is 11.6 Å². The summed E-state index contributed by atoms with van der Waals surface area (Å²) in [7, 11) is 0. The fourth-order valence-corrected chi connectivity index (χ4v) is 2.39. The van der Waals surface area contributed by atoms with Crippen molar-refractivity contribution in [1.82, 2.24) is 10.6 Å². The largest absolute Gasteiger partial charge is 0.396 e. The molecule has 0 heterocycles. The van der Waals surface area contributed by atoms with E-state index in [9.17, 15) is 9.18 Å². The number of benzene rings is 1. The fourth-order valence-electron chi connectivity index (χ4n) is 2.39. The minimum atomic E-state index is -0.512. The van der Waals surface area contributed by atoms with Crippen LogP contribution in [0, 0.1) is 29.0 Å². The van der Waals surface area contributed by atoms with Crippen molar-refractivity contribution < 1.29 is 14.3 Å². The summed E-state index contributed by atoms with van der Waals surface area (Å²) >= 11 is 0. The number of nitrogens with one attached hydrogen (secondary N) is 2. The van der Waals surface area contributed by atoms with Crippen LogP contribution in [0.4, 0.5) is 9.18 Å². The molecule has 1 atom stereocenters. The molecule has 126 valence electrons. The molecule has 1 aromatic carbocycles. The molecular weight excluding hydrogens is 297 g/mol. The van der Waals surface area contributed by atoms with Crippen molar-refractivity contribution in [3.63, 3.8) is 0 Å². The zero-order chi connectivity index (χ0) is 17.2. The van der Waals surface area contributed by atoms with Gasteiger partial charge in [-0.15, -0.1) is 0 Å². The maximum absolute atomic E-state index is 13.7. The lowest BCUT2D eigenvalue weighted by Crippen LogP contribution is -2.38. The molecule has 0 bridgehead atoms. The van der Waals surface area contributed by atoms with E-state index in [4.69, 9.17) is 10.4 Å². The Kier molecular flexibility index (Phi) is 8.06. The molecule has 0 aliphatic rings. The van der Waals surface area contributed by atoms with E-state index in [0.29, 0.717) is 24.4 Å². The molecule has 1 aromatic rings. The monoisotopic (exact) mass is 321 g/mol. The second-order valence-electron chi connectivity index (χ2n) is 5.99. The molecule has 0 aliphatic carbocycles. The van der Waals surface area contributed by atoms with Crippen LogP contribution in [0.15, 0.2) is 18.2 Å². The molecule has 0 saturated carbocycles. The van der Waals surface area contributed by atoms with Crippen molar-refractivity contribution in [2.45, 2.75) is 33.2 Å². The summed E-state index contributed by atoms with van der Waals surface area (Å²) in [6.45, 7) is 4.81. The van der Waals surface area contributed by atoms with Crippen LogP contribution in [-0.4, -0.2) is 24.3 Å². The summed E-state index contributed by atoms with van der Waals surface area (Å²) in [6.07, 6.45) is 1.56. The van der Waals surface area contributed by atoms with E-state index >= 15 is 0 Å². The number of hydrogen-bond acceptors (Lipinski definition) is 3. The Morgan fingerprint density at radius 3 is 2.70 bits per heavy atom. The minimum absolute atomic E-state index is 0.0538. The van der Waals surface area contributed by atoms with Gasteiger partial charge in [-0.25, -0.2) is 9.18 Å². The number of urea groups is 1. The van der Waals surface area contributed by atoms with Crippen LogP contribution >= 0.6 is 0 Å². The third-order valence-electron chi connectivity index (χ3n) is 3.51. The smallest absolute Gasteiger partial charge is 0.315 e. The molecular formula is C17H24FN3O2. The molecule has 23 heavy (non-hydrogen) atoms. The normalized spacial score (nSPS) is 11.8. The van der Waals surface area contributed by atoms with Gasteiger partial charge in [-0.1, -0.05) is 19.9 Å². The molecule has 0 saturated heterocycles. The van der Waals surface area contributed by atoms with E-state index in [1.165, 1.54) is 12.1 Å². The van der Waals surface area contributed by atoms with Crippen LogP contribution in [0.2, 0.25) is 0 Å². The van der Waals surface area contributed by atoms with Gasteiger partial charge in [-0.2, -0.15) is 5.26 Å². The summed E-state index contributed by atoms with van der Waals surface area (Å²) in [5, 5.41) is 23.1. The van der Waals surface area contributed by atoms with Crippen molar-refractivity contribution in [3.8, 4) is 6.07 Å². The predicted octanol–water partition coefficient (Wildman–Crippen LogP) is 2.54. The number of nitrogens with zero attached hydrogens (tertiary/aromatic N) is 1. The van der Waals surface area contributed by atoms with E-state index < -0.39 is 5.82 Å². The van der Waals surface area contributed by atoms with Gasteiger partial charge in [0.15, 0.2) is 0 Å². The van der Waals surface area contributed by atoms with Crippen molar-refractivity contribution in [2.75, 3.05) is 13.2 Å². The molecule has 0 aliphatic heterocycles. The number of nitriles is 1. The van der Waals surface area contributed by atoms with Gasteiger partial charge in [0, 0.05) is 25.3 Å². The second-order valence-corrected chi connectivity index (χ2v) is 5.99. The number of carbonyl (C=O) groups excluding carboxylic acids is 1. The number of rotatable bonds is 8. The summed E-state index contributed by atoms with van der Waals surface area (Å²) < 4.78 is 13.7. The van der Waals surface area contributed by atoms with Gasteiger partial charge >= 0.3 is 6.03 Å². The number of hydrogen-bond donors (Lipinski definition) is 3. The van der Waals surface area contributed by atoms with Crippen LogP contribution < -0.4 is 10.6 Å². The summed E-state index contributed by atoms with van der Waals surface area (Å²) in [5.41, 5.74) is 0.574. The molecule has 6 heteroatoms. The lowest BCUT2D eigenvalue weighted by Gasteiger charge is -2.18. The van der Waals surface area contributed by atoms with Gasteiger partial charge in [0.2, 0.25) is 0 Å². The summed E-state index contributed by atoms with van der Waals surface area (Å²) in [5.74, 6) is 0.198. The molecule has 0 radical (unpaired) electrons. The molecule has 1 unspecified atom stereocenters. The maximum Gasteiger partial charge on any atom is 0.315 e. The first-order valence-electron chi connectivity index (χ1n) is 7.77. The SMILES string of the molecule is CC(C)CC(CCO)CNC(=O)NCc1ccc(C#N)cc1F. The quantitative estimate of drug-likeness (QED) is 0.688. The Morgan fingerprint density at radius 2 is 2.13 bits per heavy atom. The van der Waals surface area contributed by atoms with Gasteiger partial charge in [0.25, 0.3) is 0 Å². The first-order chi connectivity index (χ1) is 11.0. The number of amides is 2. The minimum Gasteiger partial charge on any atom is -0.396 e. The highest BCUT2D eigenvalue weighted by molar-refractivity contribution is 5.73. The Hall–Kier alpha value is -2.13. The first-order valence-corrected chi connectivity index (χ1v) is 7.77. The van der Waals surface area contributed by atoms with Gasteiger partial charge in [-0.3, -0.25) is 0 Å². The highest BCUT2D eigenvalue weighted by Crippen LogP contribution is 2.14. The van der Waals surface area contributed by atoms with E-state index in [2.05, 4.69) is 24.5 Å². The van der Waals surface area contributed by atoms with E-state index in [1.54, 1.807) is 0 Å². The zero-order valence-electron chi connectivity index (χ0n) is 13.6. The van der Waals surface area contributed by atoms with Crippen LogP contribution in [0.5, 0.6) is 0 Å². The van der Waals surface area contributed by atoms with Crippen molar-refractivity contribution in [1.29, 1.82) is 5.26 Å². The average molecular weight is 321 g/mol. The van der Waals surface area contributed by atoms with E-state index in [1.807, 2.05) is 6.07 Å². The highest BCUT2D eigenvalue weighted by Gasteiger charge is 2.12. The number of aliphatic hydroxyl groups excluding tert-OH is 1. The van der Waals surface area contributed by atoms with E-state index in [0.717, 1.165) is 12.5 Å². The molecule has 1 rings (SSSR count). The third-order valence-corrected chi connectivity index (χ3v) is 3.51. The number of halogens is 1. The Morgan fingerprint density at radius 1 is 1.39 bits per heavy atom. The van der Waals surface area contributed by atoms with Crippen LogP contribution in [0.25, 0.3) is 0 Å². The van der Waals surface area contributed by atoms with Crippen molar-refractivity contribution in [2.24, 2.45) is 11.8 Å². The lowest BCUT2D eigenvalue weighted by atomic mass is 9.94. The summed E-state index contributed by atoms with van der Waals surface area (Å²) in [4.78, 5) is 11.8. The molecule has 2 amide bonds. The molecule has 5 nitrogen and oxygen atoms in total. The summed E-state index contributed by atoms with van der Waals surface area (Å²) in [6, 6.07) is 5.63. The predicted molar refractivity (Wildman–Crippen MR) is 86.0 cm³/mol. The van der Waals surface area contributed by atoms with Gasteiger partial charge in [0.1, 0.15) is 5.82 Å². The van der Waals surface area contributed by atoms with Crippen molar-refractivity contribution in [3.05, 3.63) is 35.1 Å². The van der Waals surface area contributed by atoms with Gasteiger partial charge < -0.3 is 15.7 Å². The topological polar surface area (TPSA) is 85.2 Å². The fraction of sp³-hybridized carbons (Fsp3) is 0.529. The Balaban J connectivity index is 2.43. The molecule has 3 N–H and O–H groups in total. The highest BCUT2D eigenvalue weighted by atomic mass is 19.1. The Labute approximate surface area is 136 Å². The van der Waals surface area contributed by atoms with Crippen LogP contribution in [0.1, 0.15) is 37.8 Å². The first kappa shape index (κ1) is 18.9. The molecule has 0 fully saturated rings. The van der Waals surface area contributed by atoms with Crippen molar-refractivity contribution >= 4 is 6.03 Å². The number of aliphatic hydroxyl groups is 1. The van der Waals surface area contributed by atoms with Crippen LogP contribution in [0.3, 0.4) is 0 Å². The third kappa shape index (κ3) is 7.11. The maximum atomic E-state index is 13.7. The molecule has 0 spiro atoms. The lowest BCUT2D eigenvalue weighted by molar-refractivity contribution is 0.224. The molecule has 0 aromatic heterocycles.